The number of rotatable bonds is 9. The molecule has 0 aliphatic heterocycles. The van der Waals surface area contributed by atoms with Crippen LogP contribution in [0.1, 0.15) is 36.1 Å². The molecular weight excluding hydrogens is 386 g/mol. The second-order valence-electron chi connectivity index (χ2n) is 7.17. The Morgan fingerprint density at radius 1 is 0.903 bits per heavy atom. The second-order valence-corrected chi connectivity index (χ2v) is 7.17. The summed E-state index contributed by atoms with van der Waals surface area (Å²) in [7, 11) is 1.61. The van der Waals surface area contributed by atoms with Crippen molar-refractivity contribution in [2.45, 2.75) is 33.3 Å². The highest BCUT2D eigenvalue weighted by Gasteiger charge is 2.09. The topological polar surface area (TPSA) is 47.6 Å². The van der Waals surface area contributed by atoms with Crippen LogP contribution in [-0.2, 0) is 24.2 Å². The molecule has 160 valence electrons. The molecule has 0 saturated carbocycles. The number of aryl methyl sites for hydroxylation is 2. The molecule has 0 unspecified atom stereocenters. The van der Waals surface area contributed by atoms with E-state index in [-0.39, 0.29) is 5.91 Å². The SMILES string of the molecule is CCc1cccc(CC)c1NC(=O)C=Cc1ccc(OCc2ccccc2)c(OC)c1. The molecule has 3 rings (SSSR count). The van der Waals surface area contributed by atoms with Gasteiger partial charge in [0.1, 0.15) is 6.61 Å². The van der Waals surface area contributed by atoms with Crippen molar-refractivity contribution in [2.75, 3.05) is 12.4 Å². The van der Waals surface area contributed by atoms with Gasteiger partial charge < -0.3 is 14.8 Å². The molecule has 0 aliphatic carbocycles. The van der Waals surface area contributed by atoms with E-state index in [2.05, 4.69) is 31.3 Å². The van der Waals surface area contributed by atoms with Gasteiger partial charge in [0.2, 0.25) is 5.91 Å². The van der Waals surface area contributed by atoms with Gasteiger partial charge in [0.15, 0.2) is 11.5 Å². The Morgan fingerprint density at radius 3 is 2.26 bits per heavy atom. The molecule has 4 nitrogen and oxygen atoms in total. The summed E-state index contributed by atoms with van der Waals surface area (Å²) >= 11 is 0. The minimum atomic E-state index is -0.154. The number of carbonyl (C=O) groups is 1. The van der Waals surface area contributed by atoms with Gasteiger partial charge in [-0.05, 0) is 53.3 Å². The summed E-state index contributed by atoms with van der Waals surface area (Å²) in [4.78, 5) is 12.5. The summed E-state index contributed by atoms with van der Waals surface area (Å²) in [5.41, 5.74) is 5.15. The van der Waals surface area contributed by atoms with Crippen LogP contribution in [0, 0.1) is 0 Å². The van der Waals surface area contributed by atoms with Crippen LogP contribution < -0.4 is 14.8 Å². The number of ether oxygens (including phenoxy) is 2. The molecule has 0 spiro atoms. The van der Waals surface area contributed by atoms with Gasteiger partial charge in [-0.2, -0.15) is 0 Å². The molecule has 0 radical (unpaired) electrons. The smallest absolute Gasteiger partial charge is 0.248 e. The Hall–Kier alpha value is -3.53. The fraction of sp³-hybridized carbons (Fsp3) is 0.222. The van der Waals surface area contributed by atoms with E-state index in [4.69, 9.17) is 9.47 Å². The van der Waals surface area contributed by atoms with Crippen molar-refractivity contribution in [3.63, 3.8) is 0 Å². The van der Waals surface area contributed by atoms with E-state index in [0.29, 0.717) is 18.1 Å². The van der Waals surface area contributed by atoms with Crippen molar-refractivity contribution < 1.29 is 14.3 Å². The van der Waals surface area contributed by atoms with Crippen LogP contribution in [-0.4, -0.2) is 13.0 Å². The lowest BCUT2D eigenvalue weighted by atomic mass is 10.0. The van der Waals surface area contributed by atoms with Crippen LogP contribution in [0.2, 0.25) is 0 Å². The molecule has 3 aromatic carbocycles. The van der Waals surface area contributed by atoms with Crippen molar-refractivity contribution in [3.8, 4) is 11.5 Å². The molecule has 0 fully saturated rings. The summed E-state index contributed by atoms with van der Waals surface area (Å²) < 4.78 is 11.4. The number of benzene rings is 3. The van der Waals surface area contributed by atoms with Gasteiger partial charge in [-0.25, -0.2) is 0 Å². The number of anilines is 1. The minimum absolute atomic E-state index is 0.154. The van der Waals surface area contributed by atoms with Gasteiger partial charge in [-0.15, -0.1) is 0 Å². The summed E-state index contributed by atoms with van der Waals surface area (Å²) in [6.07, 6.45) is 5.06. The van der Waals surface area contributed by atoms with E-state index in [1.165, 1.54) is 0 Å². The van der Waals surface area contributed by atoms with Gasteiger partial charge in [0.05, 0.1) is 7.11 Å². The summed E-state index contributed by atoms with van der Waals surface area (Å²) in [5, 5.41) is 3.05. The number of carbonyl (C=O) groups excluding carboxylic acids is 1. The van der Waals surface area contributed by atoms with E-state index in [1.54, 1.807) is 19.3 Å². The first kappa shape index (κ1) is 22.2. The van der Waals surface area contributed by atoms with Gasteiger partial charge in [0, 0.05) is 11.8 Å². The molecule has 1 N–H and O–H groups in total. The van der Waals surface area contributed by atoms with Gasteiger partial charge in [-0.1, -0.05) is 68.4 Å². The number of amides is 1. The standard InChI is InChI=1S/C27H29NO3/c1-4-22-12-9-13-23(5-2)27(22)28-26(29)17-15-20-14-16-24(25(18-20)30-3)31-19-21-10-7-6-8-11-21/h6-18H,4-5,19H2,1-3H3,(H,28,29). The maximum atomic E-state index is 12.5. The van der Waals surface area contributed by atoms with E-state index >= 15 is 0 Å². The van der Waals surface area contributed by atoms with Crippen LogP contribution in [0.5, 0.6) is 11.5 Å². The number of hydrogen-bond acceptors (Lipinski definition) is 3. The first-order valence-electron chi connectivity index (χ1n) is 10.6. The van der Waals surface area contributed by atoms with Crippen LogP contribution in [0.4, 0.5) is 5.69 Å². The van der Waals surface area contributed by atoms with Crippen molar-refractivity contribution in [1.82, 2.24) is 0 Å². The highest BCUT2D eigenvalue weighted by atomic mass is 16.5. The number of hydrogen-bond donors (Lipinski definition) is 1. The predicted octanol–water partition coefficient (Wildman–Crippen LogP) is 6.05. The molecule has 0 bridgehead atoms. The van der Waals surface area contributed by atoms with E-state index in [9.17, 15) is 4.79 Å². The third-order valence-corrected chi connectivity index (χ3v) is 5.10. The Bertz CT molecular complexity index is 1020. The molecule has 1 amide bonds. The average molecular weight is 416 g/mol. The summed E-state index contributed by atoms with van der Waals surface area (Å²) in [6, 6.07) is 21.8. The van der Waals surface area contributed by atoms with E-state index in [1.807, 2.05) is 54.6 Å². The maximum absolute atomic E-state index is 12.5. The largest absolute Gasteiger partial charge is 0.493 e. The zero-order valence-electron chi connectivity index (χ0n) is 18.4. The first-order valence-corrected chi connectivity index (χ1v) is 10.6. The van der Waals surface area contributed by atoms with Gasteiger partial charge in [0.25, 0.3) is 0 Å². The normalized spacial score (nSPS) is 10.8. The van der Waals surface area contributed by atoms with Crippen LogP contribution in [0.3, 0.4) is 0 Å². The first-order chi connectivity index (χ1) is 15.1. The molecule has 0 aromatic heterocycles. The minimum Gasteiger partial charge on any atom is -0.493 e. The van der Waals surface area contributed by atoms with Crippen LogP contribution in [0.25, 0.3) is 6.08 Å². The number of methoxy groups -OCH3 is 1. The molecule has 0 atom stereocenters. The lowest BCUT2D eigenvalue weighted by molar-refractivity contribution is -0.111. The fourth-order valence-corrected chi connectivity index (χ4v) is 3.38. The van der Waals surface area contributed by atoms with Crippen molar-refractivity contribution in [2.24, 2.45) is 0 Å². The zero-order valence-corrected chi connectivity index (χ0v) is 18.4. The lowest BCUT2D eigenvalue weighted by Crippen LogP contribution is -2.11. The molecule has 0 saturated heterocycles. The lowest BCUT2D eigenvalue weighted by Gasteiger charge is -2.13. The third kappa shape index (κ3) is 5.98. The number of para-hydroxylation sites is 1. The van der Waals surface area contributed by atoms with Gasteiger partial charge >= 0.3 is 0 Å². The molecule has 0 aliphatic rings. The zero-order chi connectivity index (χ0) is 22.1. The van der Waals surface area contributed by atoms with Crippen molar-refractivity contribution >= 4 is 17.7 Å². The fourth-order valence-electron chi connectivity index (χ4n) is 3.38. The highest BCUT2D eigenvalue weighted by Crippen LogP contribution is 2.29. The van der Waals surface area contributed by atoms with Crippen molar-refractivity contribution in [1.29, 1.82) is 0 Å². The maximum Gasteiger partial charge on any atom is 0.248 e. The highest BCUT2D eigenvalue weighted by molar-refractivity contribution is 6.02. The molecular formula is C27H29NO3. The Balaban J connectivity index is 1.69. The monoisotopic (exact) mass is 415 g/mol. The van der Waals surface area contributed by atoms with Crippen molar-refractivity contribution in [3.05, 3.63) is 95.1 Å². The molecule has 4 heteroatoms. The van der Waals surface area contributed by atoms with E-state index in [0.717, 1.165) is 40.8 Å². The Kier molecular flexibility index (Phi) is 7.88. The molecule has 0 heterocycles. The Morgan fingerprint density at radius 2 is 1.61 bits per heavy atom. The third-order valence-electron chi connectivity index (χ3n) is 5.10. The van der Waals surface area contributed by atoms with E-state index < -0.39 is 0 Å². The summed E-state index contributed by atoms with van der Waals surface area (Å²) in [6.45, 7) is 4.65. The summed E-state index contributed by atoms with van der Waals surface area (Å²) in [5.74, 6) is 1.14. The molecule has 31 heavy (non-hydrogen) atoms. The van der Waals surface area contributed by atoms with Crippen LogP contribution in [0.15, 0.2) is 72.8 Å². The van der Waals surface area contributed by atoms with Crippen LogP contribution >= 0.6 is 0 Å². The second kappa shape index (κ2) is 11.0. The predicted molar refractivity (Wildman–Crippen MR) is 127 cm³/mol. The number of nitrogens with one attached hydrogen (secondary N) is 1. The van der Waals surface area contributed by atoms with Gasteiger partial charge in [-0.3, -0.25) is 4.79 Å². The quantitative estimate of drug-likeness (QED) is 0.433. The molecule has 3 aromatic rings. The Labute approximate surface area is 184 Å². The average Bonchev–Trinajstić information content (AvgIpc) is 2.82.